The van der Waals surface area contributed by atoms with Crippen molar-refractivity contribution >= 4 is 11.8 Å². The molecule has 4 N–H and O–H groups in total. The standard InChI is InChI=1S/C38H44N6O5/c1-23-29(7-5-9-31(23)32-15-11-25(37(43-32)47-3)19-39-21-27-13-16-34(45)41-27)30-8-6-10-33(24(30)2)49-36-18-12-26(38(44-36)48-4)20-40-22-28-14-17-35(46)42-28/h5-12,15,18,27-28,39-40H,13-14,16-17,19-22H2,1-4H3,(H,41,45)(H,42,46)/t27-,28-/m0/s1. The number of ether oxygens (including phenoxy) is 3. The summed E-state index contributed by atoms with van der Waals surface area (Å²) in [4.78, 5) is 32.5. The zero-order valence-electron chi connectivity index (χ0n) is 28.5. The van der Waals surface area contributed by atoms with Gasteiger partial charge in [0, 0.05) is 73.9 Å². The summed E-state index contributed by atoms with van der Waals surface area (Å²) in [5.41, 5.74) is 7.91. The number of hydrogen-bond acceptors (Lipinski definition) is 9. The lowest BCUT2D eigenvalue weighted by Crippen LogP contribution is -2.35. The Morgan fingerprint density at radius 1 is 0.694 bits per heavy atom. The number of nitrogens with one attached hydrogen (secondary N) is 4. The van der Waals surface area contributed by atoms with Gasteiger partial charge in [0.05, 0.1) is 19.9 Å². The average Bonchev–Trinajstić information content (AvgIpc) is 3.73. The highest BCUT2D eigenvalue weighted by molar-refractivity contribution is 5.80. The fourth-order valence-electron chi connectivity index (χ4n) is 6.51. The number of benzene rings is 2. The van der Waals surface area contributed by atoms with Crippen LogP contribution in [0.25, 0.3) is 22.4 Å². The summed E-state index contributed by atoms with van der Waals surface area (Å²) in [6.45, 7) is 6.71. The molecule has 2 aliphatic rings. The number of rotatable bonds is 14. The lowest BCUT2D eigenvalue weighted by Gasteiger charge is -2.17. The Balaban J connectivity index is 1.16. The fourth-order valence-corrected chi connectivity index (χ4v) is 6.51. The maximum Gasteiger partial charge on any atom is 0.222 e. The van der Waals surface area contributed by atoms with E-state index in [0.717, 1.165) is 57.5 Å². The highest BCUT2D eigenvalue weighted by atomic mass is 16.5. The third kappa shape index (κ3) is 8.01. The first-order chi connectivity index (χ1) is 23.8. The van der Waals surface area contributed by atoms with Crippen molar-refractivity contribution < 1.29 is 23.8 Å². The fraction of sp³-hybridized carbons (Fsp3) is 0.368. The molecule has 6 rings (SSSR count). The molecule has 0 saturated carbocycles. The summed E-state index contributed by atoms with van der Waals surface area (Å²) < 4.78 is 17.6. The van der Waals surface area contributed by atoms with Crippen LogP contribution in [0.4, 0.5) is 0 Å². The van der Waals surface area contributed by atoms with Gasteiger partial charge in [0.25, 0.3) is 0 Å². The first-order valence-corrected chi connectivity index (χ1v) is 16.8. The maximum absolute atomic E-state index is 11.5. The minimum absolute atomic E-state index is 0.107. The summed E-state index contributed by atoms with van der Waals surface area (Å²) in [5, 5.41) is 12.8. The van der Waals surface area contributed by atoms with Crippen LogP contribution >= 0.6 is 0 Å². The minimum Gasteiger partial charge on any atom is -0.481 e. The highest BCUT2D eigenvalue weighted by Crippen LogP contribution is 2.37. The van der Waals surface area contributed by atoms with Gasteiger partial charge in [-0.05, 0) is 67.1 Å². The van der Waals surface area contributed by atoms with Crippen LogP contribution in [0.15, 0.2) is 60.7 Å². The van der Waals surface area contributed by atoms with E-state index in [-0.39, 0.29) is 23.9 Å². The Bertz CT molecular complexity index is 1830. The van der Waals surface area contributed by atoms with Gasteiger partial charge in [0.1, 0.15) is 5.75 Å². The molecular formula is C38H44N6O5. The largest absolute Gasteiger partial charge is 0.481 e. The summed E-state index contributed by atoms with van der Waals surface area (Å²) >= 11 is 0. The molecule has 4 heterocycles. The van der Waals surface area contributed by atoms with Gasteiger partial charge in [-0.3, -0.25) is 9.59 Å². The van der Waals surface area contributed by atoms with Crippen molar-refractivity contribution in [2.45, 2.75) is 64.7 Å². The number of nitrogens with zero attached hydrogens (tertiary/aromatic N) is 2. The van der Waals surface area contributed by atoms with Crippen molar-refractivity contribution in [3.8, 4) is 45.8 Å². The maximum atomic E-state index is 11.5. The summed E-state index contributed by atoms with van der Waals surface area (Å²) in [7, 11) is 3.24. The van der Waals surface area contributed by atoms with Gasteiger partial charge in [-0.15, -0.1) is 0 Å². The Morgan fingerprint density at radius 2 is 1.24 bits per heavy atom. The van der Waals surface area contributed by atoms with Crippen LogP contribution in [-0.4, -0.2) is 61.2 Å². The molecule has 2 fully saturated rings. The zero-order chi connectivity index (χ0) is 34.3. The third-order valence-corrected chi connectivity index (χ3v) is 9.22. The van der Waals surface area contributed by atoms with Crippen LogP contribution in [0, 0.1) is 13.8 Å². The Hall–Kier alpha value is -5.00. The van der Waals surface area contributed by atoms with Crippen LogP contribution in [0.3, 0.4) is 0 Å². The van der Waals surface area contributed by atoms with Crippen molar-refractivity contribution in [2.75, 3.05) is 27.3 Å². The van der Waals surface area contributed by atoms with Crippen molar-refractivity contribution in [3.63, 3.8) is 0 Å². The number of carbonyl (C=O) groups is 2. The van der Waals surface area contributed by atoms with Crippen LogP contribution < -0.4 is 35.5 Å². The summed E-state index contributed by atoms with van der Waals surface area (Å²) in [6.07, 6.45) is 2.87. The Labute approximate surface area is 287 Å². The molecule has 11 heteroatoms. The Kier molecular flexibility index (Phi) is 10.7. The molecule has 0 unspecified atom stereocenters. The van der Waals surface area contributed by atoms with E-state index in [2.05, 4.69) is 51.4 Å². The number of carbonyl (C=O) groups excluding carboxylic acids is 2. The molecule has 2 amide bonds. The summed E-state index contributed by atoms with van der Waals surface area (Å²) in [5.74, 6) is 2.43. The first-order valence-electron chi connectivity index (χ1n) is 16.8. The van der Waals surface area contributed by atoms with Crippen LogP contribution in [0.5, 0.6) is 23.4 Å². The predicted octanol–water partition coefficient (Wildman–Crippen LogP) is 4.97. The number of aromatic nitrogens is 2. The van der Waals surface area contributed by atoms with Gasteiger partial charge in [0.15, 0.2) is 0 Å². The van der Waals surface area contributed by atoms with E-state index >= 15 is 0 Å². The molecule has 0 bridgehead atoms. The van der Waals surface area contributed by atoms with E-state index in [0.29, 0.717) is 62.4 Å². The van der Waals surface area contributed by atoms with Crippen molar-refractivity contribution in [1.29, 1.82) is 0 Å². The van der Waals surface area contributed by atoms with Crippen molar-refractivity contribution in [3.05, 3.63) is 82.9 Å². The van der Waals surface area contributed by atoms with Gasteiger partial charge in [0.2, 0.25) is 29.5 Å². The molecule has 2 atom stereocenters. The number of methoxy groups -OCH3 is 2. The molecule has 2 saturated heterocycles. The lowest BCUT2D eigenvalue weighted by atomic mass is 9.92. The molecule has 49 heavy (non-hydrogen) atoms. The van der Waals surface area contributed by atoms with Gasteiger partial charge >= 0.3 is 0 Å². The van der Waals surface area contributed by atoms with Crippen LogP contribution in [0.1, 0.15) is 47.9 Å². The Morgan fingerprint density at radius 3 is 1.84 bits per heavy atom. The van der Waals surface area contributed by atoms with Gasteiger partial charge in [-0.25, -0.2) is 4.98 Å². The summed E-state index contributed by atoms with van der Waals surface area (Å²) in [6, 6.07) is 20.4. The topological polar surface area (TPSA) is 136 Å². The van der Waals surface area contributed by atoms with E-state index < -0.39 is 0 Å². The molecule has 256 valence electrons. The first kappa shape index (κ1) is 33.9. The molecule has 0 spiro atoms. The van der Waals surface area contributed by atoms with Gasteiger partial charge in [-0.1, -0.05) is 36.4 Å². The van der Waals surface area contributed by atoms with E-state index in [1.54, 1.807) is 14.2 Å². The third-order valence-electron chi connectivity index (χ3n) is 9.22. The average molecular weight is 665 g/mol. The lowest BCUT2D eigenvalue weighted by molar-refractivity contribution is -0.120. The van der Waals surface area contributed by atoms with Crippen LogP contribution in [-0.2, 0) is 22.7 Å². The monoisotopic (exact) mass is 664 g/mol. The van der Waals surface area contributed by atoms with Crippen LogP contribution in [0.2, 0.25) is 0 Å². The SMILES string of the molecule is COc1nc(Oc2cccc(-c3cccc(-c4ccc(CNC[C@@H]5CCC(=O)N5)c(OC)n4)c3C)c2C)ccc1CNC[C@@H]1CCC(=O)N1. The number of hydrogen-bond donors (Lipinski definition) is 4. The zero-order valence-corrected chi connectivity index (χ0v) is 28.5. The molecule has 11 nitrogen and oxygen atoms in total. The molecule has 2 aromatic carbocycles. The van der Waals surface area contributed by atoms with E-state index in [4.69, 9.17) is 19.2 Å². The molecule has 0 aliphatic carbocycles. The van der Waals surface area contributed by atoms with Gasteiger partial charge in [-0.2, -0.15) is 4.98 Å². The second-order valence-corrected chi connectivity index (χ2v) is 12.6. The molecular weight excluding hydrogens is 620 g/mol. The highest BCUT2D eigenvalue weighted by Gasteiger charge is 2.22. The minimum atomic E-state index is 0.107. The molecule has 0 radical (unpaired) electrons. The van der Waals surface area contributed by atoms with E-state index in [1.165, 1.54) is 0 Å². The van der Waals surface area contributed by atoms with E-state index in [1.807, 2.05) is 49.4 Å². The predicted molar refractivity (Wildman–Crippen MR) is 188 cm³/mol. The van der Waals surface area contributed by atoms with Crippen molar-refractivity contribution in [2.24, 2.45) is 0 Å². The number of pyridine rings is 2. The molecule has 2 aliphatic heterocycles. The van der Waals surface area contributed by atoms with Crippen molar-refractivity contribution in [1.82, 2.24) is 31.2 Å². The number of amides is 2. The molecule has 4 aromatic rings. The second kappa shape index (κ2) is 15.5. The van der Waals surface area contributed by atoms with E-state index in [9.17, 15) is 9.59 Å². The molecule has 2 aromatic heterocycles. The second-order valence-electron chi connectivity index (χ2n) is 12.6. The van der Waals surface area contributed by atoms with Gasteiger partial charge < -0.3 is 35.5 Å². The smallest absolute Gasteiger partial charge is 0.222 e. The quantitative estimate of drug-likeness (QED) is 0.147. The normalized spacial score (nSPS) is 17.1.